The predicted octanol–water partition coefficient (Wildman–Crippen LogP) is 4.15. The van der Waals surface area contributed by atoms with Gasteiger partial charge in [-0.3, -0.25) is 4.79 Å². The second-order valence-corrected chi connectivity index (χ2v) is 5.53. The highest BCUT2D eigenvalue weighted by atomic mass is 16.1. The van der Waals surface area contributed by atoms with Gasteiger partial charge >= 0.3 is 0 Å². The summed E-state index contributed by atoms with van der Waals surface area (Å²) in [6.45, 7) is 10.9. The van der Waals surface area contributed by atoms with Gasteiger partial charge in [-0.1, -0.05) is 45.4 Å². The Bertz CT molecular complexity index is 320. The van der Waals surface area contributed by atoms with E-state index >= 15 is 0 Å². The molecule has 0 aromatic heterocycles. The van der Waals surface area contributed by atoms with Crippen molar-refractivity contribution in [1.29, 1.82) is 0 Å². The fraction of sp³-hybridized carbons (Fsp3) is 0.667. The lowest BCUT2D eigenvalue weighted by molar-refractivity contribution is -0.114. The number of ketones is 1. The Hall–Kier alpha value is -0.850. The van der Waals surface area contributed by atoms with Crippen molar-refractivity contribution >= 4 is 5.78 Å². The number of hydrogen-bond donors (Lipinski definition) is 0. The van der Waals surface area contributed by atoms with E-state index in [1.54, 1.807) is 6.08 Å². The standard InChI is InChI=1S/C15H24O/c1-6-13(16)9-10-14-11(2)7-8-12(3)15(14,4)5/h8-11,14H,6-7H2,1-5H3/b10-9+/t11-,14-/m1/s1. The van der Waals surface area contributed by atoms with Crippen LogP contribution < -0.4 is 0 Å². The zero-order chi connectivity index (χ0) is 12.3. The Kier molecular flexibility index (Phi) is 4.12. The molecule has 1 rings (SSSR count). The Morgan fingerprint density at radius 2 is 2.19 bits per heavy atom. The highest BCUT2D eigenvalue weighted by Crippen LogP contribution is 2.45. The molecule has 1 nitrogen and oxygen atoms in total. The van der Waals surface area contributed by atoms with Gasteiger partial charge in [0.05, 0.1) is 0 Å². The van der Waals surface area contributed by atoms with Crippen LogP contribution in [0.5, 0.6) is 0 Å². The molecule has 0 radical (unpaired) electrons. The second-order valence-electron chi connectivity index (χ2n) is 5.53. The van der Waals surface area contributed by atoms with E-state index in [2.05, 4.69) is 39.8 Å². The summed E-state index contributed by atoms with van der Waals surface area (Å²) < 4.78 is 0. The van der Waals surface area contributed by atoms with Crippen molar-refractivity contribution in [2.75, 3.05) is 0 Å². The smallest absolute Gasteiger partial charge is 0.155 e. The molecule has 0 aliphatic heterocycles. The maximum Gasteiger partial charge on any atom is 0.155 e. The van der Waals surface area contributed by atoms with E-state index < -0.39 is 0 Å². The fourth-order valence-corrected chi connectivity index (χ4v) is 2.51. The normalized spacial score (nSPS) is 29.2. The topological polar surface area (TPSA) is 17.1 Å². The van der Waals surface area contributed by atoms with Gasteiger partial charge in [0.15, 0.2) is 5.78 Å². The lowest BCUT2D eigenvalue weighted by Gasteiger charge is -2.41. The Balaban J connectivity index is 2.89. The molecule has 90 valence electrons. The Labute approximate surface area is 99.6 Å². The average molecular weight is 220 g/mol. The van der Waals surface area contributed by atoms with Crippen LogP contribution in [0.4, 0.5) is 0 Å². The molecule has 1 aliphatic rings. The zero-order valence-electron chi connectivity index (χ0n) is 11.2. The van der Waals surface area contributed by atoms with Gasteiger partial charge in [-0.2, -0.15) is 0 Å². The molecule has 16 heavy (non-hydrogen) atoms. The van der Waals surface area contributed by atoms with E-state index in [1.807, 2.05) is 6.92 Å². The third-order valence-corrected chi connectivity index (χ3v) is 4.10. The van der Waals surface area contributed by atoms with Gasteiger partial charge in [-0.05, 0) is 36.7 Å². The first kappa shape index (κ1) is 13.2. The lowest BCUT2D eigenvalue weighted by atomic mass is 9.64. The van der Waals surface area contributed by atoms with Gasteiger partial charge in [0.2, 0.25) is 0 Å². The van der Waals surface area contributed by atoms with Gasteiger partial charge in [-0.15, -0.1) is 0 Å². The summed E-state index contributed by atoms with van der Waals surface area (Å²) in [4.78, 5) is 11.4. The minimum Gasteiger partial charge on any atom is -0.295 e. The first-order valence-corrected chi connectivity index (χ1v) is 6.27. The molecule has 0 unspecified atom stereocenters. The predicted molar refractivity (Wildman–Crippen MR) is 69.2 cm³/mol. The van der Waals surface area contributed by atoms with Crippen LogP contribution in [0.2, 0.25) is 0 Å². The van der Waals surface area contributed by atoms with Gasteiger partial charge in [0, 0.05) is 6.42 Å². The first-order valence-electron chi connectivity index (χ1n) is 6.27. The molecule has 0 aromatic carbocycles. The molecule has 0 bridgehead atoms. The molecule has 0 saturated carbocycles. The van der Waals surface area contributed by atoms with Crippen LogP contribution in [-0.2, 0) is 4.79 Å². The van der Waals surface area contributed by atoms with Crippen LogP contribution in [-0.4, -0.2) is 5.78 Å². The minimum absolute atomic E-state index is 0.183. The molecule has 1 aliphatic carbocycles. The molecular formula is C15H24O. The Morgan fingerprint density at radius 1 is 1.56 bits per heavy atom. The Morgan fingerprint density at radius 3 is 2.75 bits per heavy atom. The van der Waals surface area contributed by atoms with Crippen LogP contribution in [0.15, 0.2) is 23.8 Å². The maximum absolute atomic E-state index is 11.4. The van der Waals surface area contributed by atoms with Crippen molar-refractivity contribution in [3.63, 3.8) is 0 Å². The summed E-state index contributed by atoms with van der Waals surface area (Å²) >= 11 is 0. The van der Waals surface area contributed by atoms with Crippen LogP contribution >= 0.6 is 0 Å². The zero-order valence-corrected chi connectivity index (χ0v) is 11.2. The van der Waals surface area contributed by atoms with Gasteiger partial charge in [0.25, 0.3) is 0 Å². The third kappa shape index (κ3) is 2.63. The summed E-state index contributed by atoms with van der Waals surface area (Å²) in [6.07, 6.45) is 7.99. The van der Waals surface area contributed by atoms with E-state index in [9.17, 15) is 4.79 Å². The molecule has 0 aromatic rings. The number of carbonyl (C=O) groups excluding carboxylic acids is 1. The fourth-order valence-electron chi connectivity index (χ4n) is 2.51. The van der Waals surface area contributed by atoms with Gasteiger partial charge in [-0.25, -0.2) is 0 Å². The molecule has 1 heteroatoms. The van der Waals surface area contributed by atoms with Crippen molar-refractivity contribution in [2.45, 2.75) is 47.5 Å². The second kappa shape index (κ2) is 4.99. The molecule has 0 heterocycles. The number of hydrogen-bond acceptors (Lipinski definition) is 1. The summed E-state index contributed by atoms with van der Waals surface area (Å²) in [5, 5.41) is 0. The highest BCUT2D eigenvalue weighted by molar-refractivity contribution is 5.89. The van der Waals surface area contributed by atoms with Crippen molar-refractivity contribution in [3.05, 3.63) is 23.8 Å². The van der Waals surface area contributed by atoms with E-state index in [-0.39, 0.29) is 11.2 Å². The van der Waals surface area contributed by atoms with E-state index in [4.69, 9.17) is 0 Å². The van der Waals surface area contributed by atoms with E-state index in [0.29, 0.717) is 18.3 Å². The maximum atomic E-state index is 11.4. The molecule has 0 saturated heterocycles. The summed E-state index contributed by atoms with van der Waals surface area (Å²) in [7, 11) is 0. The lowest BCUT2D eigenvalue weighted by Crippen LogP contribution is -2.32. The molecule has 2 atom stereocenters. The van der Waals surface area contributed by atoms with Crippen LogP contribution in [0.3, 0.4) is 0 Å². The van der Waals surface area contributed by atoms with Crippen LogP contribution in [0, 0.1) is 17.3 Å². The minimum atomic E-state index is 0.183. The van der Waals surface area contributed by atoms with Gasteiger partial charge in [0.1, 0.15) is 0 Å². The molecule has 0 N–H and O–H groups in total. The largest absolute Gasteiger partial charge is 0.295 e. The highest BCUT2D eigenvalue weighted by Gasteiger charge is 2.35. The SMILES string of the molecule is CCC(=O)/C=C/[C@@H]1[C@H](C)CC=C(C)C1(C)C. The molecule has 0 spiro atoms. The average Bonchev–Trinajstić information content (AvgIpc) is 2.23. The third-order valence-electron chi connectivity index (χ3n) is 4.10. The number of carbonyl (C=O) groups is 1. The summed E-state index contributed by atoms with van der Waals surface area (Å²) in [5.41, 5.74) is 1.63. The van der Waals surface area contributed by atoms with E-state index in [0.717, 1.165) is 6.42 Å². The summed E-state index contributed by atoms with van der Waals surface area (Å²) in [6, 6.07) is 0. The first-order chi connectivity index (χ1) is 7.39. The summed E-state index contributed by atoms with van der Waals surface area (Å²) in [5.74, 6) is 1.34. The van der Waals surface area contributed by atoms with Crippen molar-refractivity contribution in [3.8, 4) is 0 Å². The number of rotatable bonds is 3. The van der Waals surface area contributed by atoms with Crippen molar-refractivity contribution in [2.24, 2.45) is 17.3 Å². The molecule has 0 fully saturated rings. The van der Waals surface area contributed by atoms with E-state index in [1.165, 1.54) is 5.57 Å². The molecule has 0 amide bonds. The van der Waals surface area contributed by atoms with Crippen LogP contribution in [0.25, 0.3) is 0 Å². The van der Waals surface area contributed by atoms with Crippen molar-refractivity contribution < 1.29 is 4.79 Å². The van der Waals surface area contributed by atoms with Gasteiger partial charge < -0.3 is 0 Å². The monoisotopic (exact) mass is 220 g/mol. The molecular weight excluding hydrogens is 196 g/mol. The quantitative estimate of drug-likeness (QED) is 0.516. The van der Waals surface area contributed by atoms with Crippen molar-refractivity contribution in [1.82, 2.24) is 0 Å². The number of allylic oxidation sites excluding steroid dienone is 4. The van der Waals surface area contributed by atoms with Crippen LogP contribution in [0.1, 0.15) is 47.5 Å².